The van der Waals surface area contributed by atoms with E-state index in [1.54, 1.807) is 30.5 Å². The maximum absolute atomic E-state index is 12.8. The number of likely N-dealkylation sites (tertiary alicyclic amines) is 1. The molecule has 0 radical (unpaired) electrons. The van der Waals surface area contributed by atoms with Crippen molar-refractivity contribution in [3.8, 4) is 16.8 Å². The number of benzene rings is 2. The number of rotatable bonds is 4. The summed E-state index contributed by atoms with van der Waals surface area (Å²) in [6.07, 6.45) is 0.867. The Morgan fingerprint density at radius 3 is 2.59 bits per heavy atom. The average Bonchev–Trinajstić information content (AvgIpc) is 3.53. The first-order valence-corrected chi connectivity index (χ1v) is 10.6. The standard InChI is InChI=1S/C24H20F3N5O2/c1-31-12-15(9-22(31)33)23(34)30-21-11-28-20-7-2-14(8-19(20)21)16-10-29-32(13-16)18-5-3-17(4-6-18)24(25,26)27/h2-8,10-11,13,15,28H,9,12H2,1H3,(H,30,34). The first kappa shape index (κ1) is 21.7. The first-order chi connectivity index (χ1) is 16.2. The molecular weight excluding hydrogens is 447 g/mol. The number of hydrogen-bond acceptors (Lipinski definition) is 3. The molecule has 0 bridgehead atoms. The molecule has 7 nitrogen and oxygen atoms in total. The molecule has 2 amide bonds. The van der Waals surface area contributed by atoms with Crippen molar-refractivity contribution in [3.05, 3.63) is 66.6 Å². The lowest BCUT2D eigenvalue weighted by Crippen LogP contribution is -2.25. The number of amides is 2. The third-order valence-corrected chi connectivity index (χ3v) is 6.03. The molecule has 3 heterocycles. The summed E-state index contributed by atoms with van der Waals surface area (Å²) in [5, 5.41) is 7.99. The summed E-state index contributed by atoms with van der Waals surface area (Å²) in [7, 11) is 1.68. The maximum Gasteiger partial charge on any atom is 0.416 e. The van der Waals surface area contributed by atoms with E-state index in [1.807, 2.05) is 18.2 Å². The SMILES string of the molecule is CN1CC(C(=O)Nc2c[nH]c3ccc(-c4cnn(-c5ccc(C(F)(F)F)cc5)c4)cc23)CC1=O. The van der Waals surface area contributed by atoms with Crippen molar-refractivity contribution in [2.75, 3.05) is 18.9 Å². The Balaban J connectivity index is 1.38. The monoisotopic (exact) mass is 467 g/mol. The number of halogens is 3. The van der Waals surface area contributed by atoms with Crippen LogP contribution in [0, 0.1) is 5.92 Å². The van der Waals surface area contributed by atoms with Crippen LogP contribution in [0.5, 0.6) is 0 Å². The molecule has 1 saturated heterocycles. The Morgan fingerprint density at radius 2 is 1.91 bits per heavy atom. The number of aromatic nitrogens is 3. The Morgan fingerprint density at radius 1 is 1.15 bits per heavy atom. The lowest BCUT2D eigenvalue weighted by Gasteiger charge is -2.10. The quantitative estimate of drug-likeness (QED) is 0.465. The number of anilines is 1. The van der Waals surface area contributed by atoms with Crippen LogP contribution in [0.2, 0.25) is 0 Å². The second-order valence-electron chi connectivity index (χ2n) is 8.35. The number of hydrogen-bond donors (Lipinski definition) is 2. The Bertz CT molecular complexity index is 1390. The van der Waals surface area contributed by atoms with Crippen LogP contribution in [-0.4, -0.2) is 45.1 Å². The van der Waals surface area contributed by atoms with Gasteiger partial charge in [0, 0.05) is 48.9 Å². The molecule has 34 heavy (non-hydrogen) atoms. The molecule has 10 heteroatoms. The summed E-state index contributed by atoms with van der Waals surface area (Å²) in [5.41, 5.74) is 2.82. The van der Waals surface area contributed by atoms with Crippen molar-refractivity contribution in [1.82, 2.24) is 19.7 Å². The molecule has 5 rings (SSSR count). The molecule has 1 aliphatic heterocycles. The minimum atomic E-state index is -4.39. The molecule has 2 aromatic heterocycles. The topological polar surface area (TPSA) is 83.0 Å². The van der Waals surface area contributed by atoms with Gasteiger partial charge in [0.2, 0.25) is 11.8 Å². The van der Waals surface area contributed by atoms with Crippen molar-refractivity contribution in [2.45, 2.75) is 12.6 Å². The summed E-state index contributed by atoms with van der Waals surface area (Å²) >= 11 is 0. The van der Waals surface area contributed by atoms with Gasteiger partial charge >= 0.3 is 6.18 Å². The van der Waals surface area contributed by atoms with Crippen LogP contribution in [-0.2, 0) is 15.8 Å². The van der Waals surface area contributed by atoms with Gasteiger partial charge in [-0.25, -0.2) is 4.68 Å². The van der Waals surface area contributed by atoms with Crippen LogP contribution in [0.15, 0.2) is 61.1 Å². The van der Waals surface area contributed by atoms with Gasteiger partial charge < -0.3 is 15.2 Å². The molecule has 1 fully saturated rings. The van der Waals surface area contributed by atoms with Crippen LogP contribution in [0.4, 0.5) is 18.9 Å². The third kappa shape index (κ3) is 4.02. The summed E-state index contributed by atoms with van der Waals surface area (Å²) in [4.78, 5) is 29.1. The van der Waals surface area contributed by atoms with Crippen molar-refractivity contribution in [1.29, 1.82) is 0 Å². The van der Waals surface area contributed by atoms with Crippen LogP contribution < -0.4 is 5.32 Å². The van der Waals surface area contributed by atoms with Gasteiger partial charge in [0.1, 0.15) is 0 Å². The van der Waals surface area contributed by atoms with E-state index in [2.05, 4.69) is 15.4 Å². The number of carbonyl (C=O) groups is 2. The number of fused-ring (bicyclic) bond motifs is 1. The van der Waals surface area contributed by atoms with E-state index in [0.717, 1.165) is 34.2 Å². The number of nitrogens with zero attached hydrogens (tertiary/aromatic N) is 3. The zero-order valence-electron chi connectivity index (χ0n) is 18.1. The van der Waals surface area contributed by atoms with Gasteiger partial charge in [-0.1, -0.05) is 6.07 Å². The van der Waals surface area contributed by atoms with Crippen LogP contribution >= 0.6 is 0 Å². The molecule has 1 atom stereocenters. The predicted octanol–water partition coefficient (Wildman–Crippen LogP) is 4.46. The number of carbonyl (C=O) groups excluding carboxylic acids is 2. The van der Waals surface area contributed by atoms with Crippen LogP contribution in [0.3, 0.4) is 0 Å². The van der Waals surface area contributed by atoms with Crippen molar-refractivity contribution < 1.29 is 22.8 Å². The summed E-state index contributed by atoms with van der Waals surface area (Å²) < 4.78 is 39.9. The fraction of sp³-hybridized carbons (Fsp3) is 0.208. The number of alkyl halides is 3. The third-order valence-electron chi connectivity index (χ3n) is 6.03. The fourth-order valence-corrected chi connectivity index (χ4v) is 4.09. The van der Waals surface area contributed by atoms with Gasteiger partial charge in [-0.3, -0.25) is 9.59 Å². The van der Waals surface area contributed by atoms with E-state index in [-0.39, 0.29) is 18.2 Å². The zero-order valence-corrected chi connectivity index (χ0v) is 18.1. The van der Waals surface area contributed by atoms with Gasteiger partial charge in [0.05, 0.1) is 29.1 Å². The molecule has 174 valence electrons. The Hall–Kier alpha value is -4.08. The van der Waals surface area contributed by atoms with Gasteiger partial charge in [-0.05, 0) is 42.0 Å². The second kappa shape index (κ2) is 8.05. The van der Waals surface area contributed by atoms with Gasteiger partial charge in [0.25, 0.3) is 0 Å². The van der Waals surface area contributed by atoms with Gasteiger partial charge in [-0.2, -0.15) is 18.3 Å². The van der Waals surface area contributed by atoms with Crippen molar-refractivity contribution in [3.63, 3.8) is 0 Å². The Labute approximate surface area is 192 Å². The number of nitrogens with one attached hydrogen (secondary N) is 2. The highest BCUT2D eigenvalue weighted by Crippen LogP contribution is 2.32. The average molecular weight is 467 g/mol. The lowest BCUT2D eigenvalue weighted by molar-refractivity contribution is -0.137. The molecule has 1 aliphatic rings. The predicted molar refractivity (Wildman–Crippen MR) is 120 cm³/mol. The minimum Gasteiger partial charge on any atom is -0.359 e. The molecule has 0 spiro atoms. The largest absolute Gasteiger partial charge is 0.416 e. The van der Waals surface area contributed by atoms with E-state index in [1.165, 1.54) is 16.8 Å². The van der Waals surface area contributed by atoms with Gasteiger partial charge in [0.15, 0.2) is 0 Å². The molecule has 0 saturated carbocycles. The second-order valence-corrected chi connectivity index (χ2v) is 8.35. The van der Waals surface area contributed by atoms with E-state index < -0.39 is 17.7 Å². The highest BCUT2D eigenvalue weighted by Gasteiger charge is 2.32. The number of aromatic amines is 1. The minimum absolute atomic E-state index is 0.0496. The van der Waals surface area contributed by atoms with Crippen molar-refractivity contribution in [2.24, 2.45) is 5.92 Å². The van der Waals surface area contributed by atoms with E-state index in [9.17, 15) is 22.8 Å². The molecule has 1 unspecified atom stereocenters. The molecule has 0 aliphatic carbocycles. The van der Waals surface area contributed by atoms with E-state index >= 15 is 0 Å². The first-order valence-electron chi connectivity index (χ1n) is 10.6. The summed E-state index contributed by atoms with van der Waals surface area (Å²) in [6.45, 7) is 0.390. The highest BCUT2D eigenvalue weighted by atomic mass is 19.4. The Kier molecular flexibility index (Phi) is 5.15. The van der Waals surface area contributed by atoms with Gasteiger partial charge in [-0.15, -0.1) is 0 Å². The normalized spacial score (nSPS) is 16.4. The number of H-pyrrole nitrogens is 1. The summed E-state index contributed by atoms with van der Waals surface area (Å²) in [6, 6.07) is 10.5. The fourth-order valence-electron chi connectivity index (χ4n) is 4.09. The van der Waals surface area contributed by atoms with E-state index in [4.69, 9.17) is 0 Å². The molecular formula is C24H20F3N5O2. The molecule has 2 aromatic carbocycles. The van der Waals surface area contributed by atoms with Crippen LogP contribution in [0.25, 0.3) is 27.7 Å². The highest BCUT2D eigenvalue weighted by molar-refractivity contribution is 6.05. The molecule has 4 aromatic rings. The maximum atomic E-state index is 12.8. The lowest BCUT2D eigenvalue weighted by atomic mass is 10.1. The van der Waals surface area contributed by atoms with Crippen molar-refractivity contribution >= 4 is 28.4 Å². The molecule has 2 N–H and O–H groups in total. The summed E-state index contributed by atoms with van der Waals surface area (Å²) in [5.74, 6) is -0.654. The zero-order chi connectivity index (χ0) is 24.0. The van der Waals surface area contributed by atoms with E-state index in [0.29, 0.717) is 17.9 Å². The van der Waals surface area contributed by atoms with Crippen LogP contribution in [0.1, 0.15) is 12.0 Å². The smallest absolute Gasteiger partial charge is 0.359 e.